The molecule has 5 nitrogen and oxygen atoms in total. The first-order chi connectivity index (χ1) is 14.1. The molecule has 0 radical (unpaired) electrons. The number of hydrogen-bond donors (Lipinski definition) is 2. The van der Waals surface area contributed by atoms with E-state index < -0.39 is 0 Å². The molecule has 0 heterocycles. The number of carbonyl (C=O) groups is 1. The number of azo groups is 1. The zero-order valence-electron chi connectivity index (χ0n) is 15.8. The minimum Gasteiger partial charge on any atom is -0.505 e. The topological polar surface area (TPSA) is 74.0 Å². The van der Waals surface area contributed by atoms with Gasteiger partial charge in [0.15, 0.2) is 5.75 Å². The maximum absolute atomic E-state index is 12.6. The molecular weight excluding hydrogens is 362 g/mol. The van der Waals surface area contributed by atoms with Crippen molar-refractivity contribution >= 4 is 33.7 Å². The molecule has 0 aromatic heterocycles. The Bertz CT molecular complexity index is 1200. The number of amides is 1. The van der Waals surface area contributed by atoms with Crippen molar-refractivity contribution in [3.05, 3.63) is 96.1 Å². The van der Waals surface area contributed by atoms with Crippen LogP contribution in [0.1, 0.15) is 15.9 Å². The summed E-state index contributed by atoms with van der Waals surface area (Å²) in [4.78, 5) is 12.6. The van der Waals surface area contributed by atoms with E-state index >= 15 is 0 Å². The Labute approximate surface area is 168 Å². The van der Waals surface area contributed by atoms with Gasteiger partial charge in [-0.3, -0.25) is 4.79 Å². The van der Waals surface area contributed by atoms with Crippen molar-refractivity contribution in [2.45, 2.75) is 6.92 Å². The summed E-state index contributed by atoms with van der Waals surface area (Å²) in [5, 5.41) is 23.7. The molecule has 4 rings (SSSR count). The van der Waals surface area contributed by atoms with Gasteiger partial charge in [-0.2, -0.15) is 5.11 Å². The van der Waals surface area contributed by atoms with Crippen LogP contribution in [-0.2, 0) is 0 Å². The number of nitrogens with zero attached hydrogens (tertiary/aromatic N) is 2. The molecule has 0 aliphatic carbocycles. The van der Waals surface area contributed by atoms with E-state index in [1.165, 1.54) is 0 Å². The summed E-state index contributed by atoms with van der Waals surface area (Å²) in [6.07, 6.45) is 0. The van der Waals surface area contributed by atoms with Crippen LogP contribution in [0.2, 0.25) is 0 Å². The van der Waals surface area contributed by atoms with Gasteiger partial charge in [-0.1, -0.05) is 48.5 Å². The summed E-state index contributed by atoms with van der Waals surface area (Å²) in [6, 6.07) is 25.7. The van der Waals surface area contributed by atoms with Crippen LogP contribution < -0.4 is 5.32 Å². The van der Waals surface area contributed by atoms with Crippen molar-refractivity contribution in [1.82, 2.24) is 0 Å². The molecular formula is C24H19N3O2. The van der Waals surface area contributed by atoms with Gasteiger partial charge in [0.1, 0.15) is 5.69 Å². The van der Waals surface area contributed by atoms with E-state index in [4.69, 9.17) is 0 Å². The second kappa shape index (κ2) is 7.94. The summed E-state index contributed by atoms with van der Waals surface area (Å²) in [5.41, 5.74) is 2.92. The minimum atomic E-state index is -0.245. The molecule has 0 fully saturated rings. The van der Waals surface area contributed by atoms with Gasteiger partial charge in [-0.25, -0.2) is 0 Å². The van der Waals surface area contributed by atoms with Crippen LogP contribution in [0.15, 0.2) is 95.2 Å². The molecule has 5 heteroatoms. The van der Waals surface area contributed by atoms with Crippen molar-refractivity contribution in [3.63, 3.8) is 0 Å². The zero-order valence-corrected chi connectivity index (χ0v) is 15.8. The Balaban J connectivity index is 1.77. The van der Waals surface area contributed by atoms with Crippen molar-refractivity contribution in [1.29, 1.82) is 0 Å². The van der Waals surface area contributed by atoms with E-state index in [0.717, 1.165) is 10.9 Å². The highest BCUT2D eigenvalue weighted by atomic mass is 16.3. The number of rotatable bonds is 4. The number of anilines is 1. The first-order valence-corrected chi connectivity index (χ1v) is 9.22. The third-order valence-corrected chi connectivity index (χ3v) is 4.61. The molecule has 4 aromatic carbocycles. The number of fused-ring (bicyclic) bond motifs is 1. The number of phenolic OH excluding ortho intramolecular Hbond substituents is 1. The van der Waals surface area contributed by atoms with Gasteiger partial charge < -0.3 is 10.4 Å². The van der Waals surface area contributed by atoms with Crippen LogP contribution in [0.3, 0.4) is 0 Å². The van der Waals surface area contributed by atoms with E-state index in [1.807, 2.05) is 61.5 Å². The fourth-order valence-corrected chi connectivity index (χ4v) is 3.18. The number of benzene rings is 4. The number of nitrogens with one attached hydrogen (secondary N) is 1. The van der Waals surface area contributed by atoms with Crippen LogP contribution in [0.4, 0.5) is 17.1 Å². The lowest BCUT2D eigenvalue weighted by atomic mass is 10.0. The lowest BCUT2D eigenvalue weighted by molar-refractivity contribution is 0.102. The molecule has 0 bridgehead atoms. The normalized spacial score (nSPS) is 11.1. The third kappa shape index (κ3) is 3.84. The molecule has 4 aromatic rings. The molecule has 142 valence electrons. The molecule has 0 spiro atoms. The Morgan fingerprint density at radius 3 is 2.28 bits per heavy atom. The van der Waals surface area contributed by atoms with Crippen molar-refractivity contribution in [3.8, 4) is 5.75 Å². The molecule has 0 aliphatic rings. The Morgan fingerprint density at radius 1 is 0.862 bits per heavy atom. The number of aromatic hydroxyl groups is 1. The largest absolute Gasteiger partial charge is 0.505 e. The number of hydrogen-bond acceptors (Lipinski definition) is 4. The number of aryl methyl sites for hydroxylation is 1. The van der Waals surface area contributed by atoms with Crippen LogP contribution >= 0.6 is 0 Å². The maximum Gasteiger partial charge on any atom is 0.255 e. The van der Waals surface area contributed by atoms with E-state index in [0.29, 0.717) is 28.0 Å². The average Bonchev–Trinajstić information content (AvgIpc) is 2.75. The van der Waals surface area contributed by atoms with Crippen LogP contribution in [0, 0.1) is 6.92 Å². The zero-order chi connectivity index (χ0) is 20.2. The fraction of sp³-hybridized carbons (Fsp3) is 0.0417. The fourth-order valence-electron chi connectivity index (χ4n) is 3.18. The van der Waals surface area contributed by atoms with E-state index in [1.54, 1.807) is 30.3 Å². The molecule has 29 heavy (non-hydrogen) atoms. The third-order valence-electron chi connectivity index (χ3n) is 4.61. The SMILES string of the molecule is Cc1cc2cccc(NC(=O)c3ccccc3)c2c(O)c1N=Nc1ccccc1. The summed E-state index contributed by atoms with van der Waals surface area (Å²) < 4.78 is 0. The molecule has 0 atom stereocenters. The van der Waals surface area contributed by atoms with Crippen LogP contribution in [0.25, 0.3) is 10.8 Å². The monoisotopic (exact) mass is 381 g/mol. The molecule has 0 saturated heterocycles. The number of phenols is 1. The van der Waals surface area contributed by atoms with Gasteiger partial charge in [0.2, 0.25) is 0 Å². The minimum absolute atomic E-state index is 0.0105. The summed E-state index contributed by atoms with van der Waals surface area (Å²) in [5.74, 6) is -0.255. The van der Waals surface area contributed by atoms with Gasteiger partial charge in [0.05, 0.1) is 11.4 Å². The molecule has 0 unspecified atom stereocenters. The van der Waals surface area contributed by atoms with Crippen LogP contribution in [0.5, 0.6) is 5.75 Å². The van der Waals surface area contributed by atoms with Gasteiger partial charge >= 0.3 is 0 Å². The van der Waals surface area contributed by atoms with Gasteiger partial charge in [-0.05, 0) is 54.3 Å². The Morgan fingerprint density at radius 2 is 1.55 bits per heavy atom. The molecule has 0 aliphatic heterocycles. The smallest absolute Gasteiger partial charge is 0.255 e. The predicted octanol–water partition coefficient (Wildman–Crippen LogP) is 6.52. The van der Waals surface area contributed by atoms with E-state index in [-0.39, 0.29) is 11.7 Å². The standard InChI is InChI=1S/C24H19N3O2/c1-16-15-18-11-8-14-20(25-24(29)17-9-4-2-5-10-17)21(18)23(28)22(16)27-26-19-12-6-3-7-13-19/h2-15,28H,1H3,(H,25,29). The molecule has 0 saturated carbocycles. The average molecular weight is 381 g/mol. The molecule has 2 N–H and O–H groups in total. The van der Waals surface area contributed by atoms with Gasteiger partial charge in [-0.15, -0.1) is 5.11 Å². The maximum atomic E-state index is 12.6. The van der Waals surface area contributed by atoms with Crippen molar-refractivity contribution < 1.29 is 9.90 Å². The summed E-state index contributed by atoms with van der Waals surface area (Å²) in [7, 11) is 0. The summed E-state index contributed by atoms with van der Waals surface area (Å²) >= 11 is 0. The highest BCUT2D eigenvalue weighted by Crippen LogP contribution is 2.42. The molecule has 1 amide bonds. The lowest BCUT2D eigenvalue weighted by Crippen LogP contribution is -2.11. The van der Waals surface area contributed by atoms with Crippen molar-refractivity contribution in [2.75, 3.05) is 5.32 Å². The van der Waals surface area contributed by atoms with Crippen LogP contribution in [-0.4, -0.2) is 11.0 Å². The lowest BCUT2D eigenvalue weighted by Gasteiger charge is -2.13. The second-order valence-electron chi connectivity index (χ2n) is 6.65. The highest BCUT2D eigenvalue weighted by Gasteiger charge is 2.15. The first kappa shape index (κ1) is 18.4. The quantitative estimate of drug-likeness (QED) is 0.395. The second-order valence-corrected chi connectivity index (χ2v) is 6.65. The van der Waals surface area contributed by atoms with Gasteiger partial charge in [0, 0.05) is 10.9 Å². The predicted molar refractivity (Wildman–Crippen MR) is 115 cm³/mol. The first-order valence-electron chi connectivity index (χ1n) is 9.22. The van der Waals surface area contributed by atoms with Crippen molar-refractivity contribution in [2.24, 2.45) is 10.2 Å². The number of carbonyl (C=O) groups excluding carboxylic acids is 1. The Kier molecular flexibility index (Phi) is 5.03. The Hall–Kier alpha value is -3.99. The van der Waals surface area contributed by atoms with E-state index in [2.05, 4.69) is 15.5 Å². The summed E-state index contributed by atoms with van der Waals surface area (Å²) in [6.45, 7) is 1.87. The van der Waals surface area contributed by atoms with Gasteiger partial charge in [0.25, 0.3) is 5.91 Å². The highest BCUT2D eigenvalue weighted by molar-refractivity contribution is 6.11. The van der Waals surface area contributed by atoms with E-state index in [9.17, 15) is 9.90 Å².